The van der Waals surface area contributed by atoms with E-state index >= 15 is 0 Å². The highest BCUT2D eigenvalue weighted by atomic mass is 32.2. The Kier molecular flexibility index (Phi) is 3.72. The molecule has 1 aromatic heterocycles. The summed E-state index contributed by atoms with van der Waals surface area (Å²) in [6.45, 7) is 2.63. The second kappa shape index (κ2) is 5.26. The largest absolute Gasteiger partial charge is 0.476 e. The van der Waals surface area contributed by atoms with E-state index in [1.807, 2.05) is 30.8 Å². The molecule has 0 aliphatic carbocycles. The van der Waals surface area contributed by atoms with Crippen molar-refractivity contribution in [2.75, 3.05) is 23.4 Å². The average Bonchev–Trinajstić information content (AvgIpc) is 2.74. The molecule has 1 aromatic rings. The molecule has 1 aliphatic heterocycles. The predicted molar refractivity (Wildman–Crippen MR) is 64.8 cm³/mol. The van der Waals surface area contributed by atoms with Crippen LogP contribution < -0.4 is 10.1 Å². The molecule has 1 N–H and O–H groups in total. The van der Waals surface area contributed by atoms with Crippen molar-refractivity contribution in [1.29, 1.82) is 0 Å². The van der Waals surface area contributed by atoms with Crippen LogP contribution in [-0.2, 0) is 0 Å². The molecule has 4 heteroatoms. The fourth-order valence-electron chi connectivity index (χ4n) is 1.62. The minimum absolute atomic E-state index is 0.568. The summed E-state index contributed by atoms with van der Waals surface area (Å²) in [5.41, 5.74) is 1.02. The van der Waals surface area contributed by atoms with Gasteiger partial charge in [0, 0.05) is 18.0 Å². The van der Waals surface area contributed by atoms with Gasteiger partial charge in [0.05, 0.1) is 12.3 Å². The Labute approximate surface area is 94.6 Å². The first-order valence-electron chi connectivity index (χ1n) is 5.32. The first-order chi connectivity index (χ1) is 7.40. The monoisotopic (exact) mass is 224 g/mol. The van der Waals surface area contributed by atoms with Crippen LogP contribution >= 0.6 is 11.8 Å². The Balaban J connectivity index is 2.05. The van der Waals surface area contributed by atoms with Crippen LogP contribution in [-0.4, -0.2) is 29.1 Å². The van der Waals surface area contributed by atoms with Gasteiger partial charge >= 0.3 is 0 Å². The fraction of sp³-hybridized carbons (Fsp3) is 0.545. The number of nitrogens with one attached hydrogen (secondary N) is 1. The Bertz CT molecular complexity index is 313. The zero-order chi connectivity index (χ0) is 10.5. The number of anilines is 1. The van der Waals surface area contributed by atoms with Crippen molar-refractivity contribution in [2.24, 2.45) is 0 Å². The van der Waals surface area contributed by atoms with Gasteiger partial charge in [0.25, 0.3) is 0 Å². The Morgan fingerprint density at radius 3 is 3.33 bits per heavy atom. The normalized spacial score (nSPS) is 20.2. The molecule has 2 heterocycles. The van der Waals surface area contributed by atoms with Crippen LogP contribution in [0.2, 0.25) is 0 Å². The van der Waals surface area contributed by atoms with Gasteiger partial charge in [-0.2, -0.15) is 11.8 Å². The molecule has 2 rings (SSSR count). The summed E-state index contributed by atoms with van der Waals surface area (Å²) in [5.74, 6) is 3.15. The Hall–Kier alpha value is -0.900. The first kappa shape index (κ1) is 10.6. The minimum Gasteiger partial charge on any atom is -0.476 e. The van der Waals surface area contributed by atoms with E-state index in [-0.39, 0.29) is 0 Å². The van der Waals surface area contributed by atoms with E-state index in [4.69, 9.17) is 4.74 Å². The zero-order valence-electron chi connectivity index (χ0n) is 8.90. The van der Waals surface area contributed by atoms with Crippen LogP contribution in [0.5, 0.6) is 5.88 Å². The molecule has 0 saturated carbocycles. The lowest BCUT2D eigenvalue weighted by molar-refractivity contribution is 0.328. The number of hydrogen-bond acceptors (Lipinski definition) is 4. The number of nitrogens with zero attached hydrogens (tertiary/aromatic N) is 1. The van der Waals surface area contributed by atoms with E-state index in [9.17, 15) is 0 Å². The maximum atomic E-state index is 5.47. The molecule has 0 aromatic carbocycles. The predicted octanol–water partition coefficient (Wildman–Crippen LogP) is 2.40. The average molecular weight is 224 g/mol. The van der Waals surface area contributed by atoms with Crippen LogP contribution in [0.25, 0.3) is 0 Å². The number of rotatable bonds is 4. The lowest BCUT2D eigenvalue weighted by Gasteiger charge is -2.15. The molecule has 0 spiro atoms. The van der Waals surface area contributed by atoms with E-state index in [0.717, 1.165) is 11.6 Å². The van der Waals surface area contributed by atoms with E-state index in [1.54, 1.807) is 6.20 Å². The molecule has 15 heavy (non-hydrogen) atoms. The van der Waals surface area contributed by atoms with Crippen molar-refractivity contribution in [3.05, 3.63) is 18.3 Å². The Morgan fingerprint density at radius 2 is 2.60 bits per heavy atom. The van der Waals surface area contributed by atoms with E-state index in [2.05, 4.69) is 10.3 Å². The maximum absolute atomic E-state index is 5.47. The molecule has 3 nitrogen and oxygen atoms in total. The number of aromatic nitrogens is 1. The number of ether oxygens (including phenoxy) is 1. The summed E-state index contributed by atoms with van der Waals surface area (Å²) < 4.78 is 5.47. The summed E-state index contributed by atoms with van der Waals surface area (Å²) in [6, 6.07) is 4.53. The van der Waals surface area contributed by atoms with Gasteiger partial charge in [0.2, 0.25) is 5.88 Å². The topological polar surface area (TPSA) is 34.1 Å². The van der Waals surface area contributed by atoms with Gasteiger partial charge in [0.1, 0.15) is 0 Å². The standard InChI is InChI=1S/C11H16N2OS/c1-2-14-11-10(4-3-6-12-11)13-9-5-7-15-8-9/h3-4,6,9,13H,2,5,7-8H2,1H3. The van der Waals surface area contributed by atoms with Gasteiger partial charge < -0.3 is 10.1 Å². The minimum atomic E-state index is 0.568. The van der Waals surface area contributed by atoms with E-state index in [1.165, 1.54) is 17.9 Å². The summed E-state index contributed by atoms with van der Waals surface area (Å²) in [6.07, 6.45) is 2.99. The quantitative estimate of drug-likeness (QED) is 0.851. The van der Waals surface area contributed by atoms with Crippen LogP contribution in [0.15, 0.2) is 18.3 Å². The summed E-state index contributed by atoms with van der Waals surface area (Å²) in [7, 11) is 0. The van der Waals surface area contributed by atoms with Gasteiger partial charge in [-0.15, -0.1) is 0 Å². The van der Waals surface area contributed by atoms with Crippen LogP contribution in [0.3, 0.4) is 0 Å². The van der Waals surface area contributed by atoms with Crippen molar-refractivity contribution in [3.8, 4) is 5.88 Å². The summed E-state index contributed by atoms with van der Waals surface area (Å²) in [4.78, 5) is 4.22. The smallest absolute Gasteiger partial charge is 0.237 e. The van der Waals surface area contributed by atoms with Gasteiger partial charge in [-0.05, 0) is 31.2 Å². The molecule has 1 saturated heterocycles. The highest BCUT2D eigenvalue weighted by Gasteiger charge is 2.16. The fourth-order valence-corrected chi connectivity index (χ4v) is 2.77. The zero-order valence-corrected chi connectivity index (χ0v) is 9.72. The van der Waals surface area contributed by atoms with Gasteiger partial charge in [-0.1, -0.05) is 0 Å². The first-order valence-corrected chi connectivity index (χ1v) is 6.47. The second-order valence-corrected chi connectivity index (χ2v) is 4.64. The second-order valence-electron chi connectivity index (χ2n) is 3.49. The molecular formula is C11H16N2OS. The molecule has 1 aliphatic rings. The molecule has 0 amide bonds. The highest BCUT2D eigenvalue weighted by molar-refractivity contribution is 7.99. The van der Waals surface area contributed by atoms with Crippen molar-refractivity contribution in [2.45, 2.75) is 19.4 Å². The third-order valence-corrected chi connectivity index (χ3v) is 3.50. The van der Waals surface area contributed by atoms with E-state index < -0.39 is 0 Å². The van der Waals surface area contributed by atoms with Crippen molar-refractivity contribution in [1.82, 2.24) is 4.98 Å². The van der Waals surface area contributed by atoms with Crippen molar-refractivity contribution in [3.63, 3.8) is 0 Å². The third-order valence-electron chi connectivity index (χ3n) is 2.34. The van der Waals surface area contributed by atoms with Gasteiger partial charge in [0.15, 0.2) is 0 Å². The molecule has 0 radical (unpaired) electrons. The summed E-state index contributed by atoms with van der Waals surface area (Å²) >= 11 is 2.00. The lowest BCUT2D eigenvalue weighted by Crippen LogP contribution is -2.18. The van der Waals surface area contributed by atoms with Gasteiger partial charge in [-0.3, -0.25) is 0 Å². The van der Waals surface area contributed by atoms with Crippen molar-refractivity contribution >= 4 is 17.4 Å². The molecule has 82 valence electrons. The van der Waals surface area contributed by atoms with E-state index in [0.29, 0.717) is 12.6 Å². The SMILES string of the molecule is CCOc1ncccc1NC1CCSC1. The molecule has 0 bridgehead atoms. The molecule has 1 unspecified atom stereocenters. The third kappa shape index (κ3) is 2.78. The summed E-state index contributed by atoms with van der Waals surface area (Å²) in [5, 5.41) is 3.49. The Morgan fingerprint density at radius 1 is 1.67 bits per heavy atom. The molecule has 1 fully saturated rings. The van der Waals surface area contributed by atoms with Crippen LogP contribution in [0, 0.1) is 0 Å². The molecule has 1 atom stereocenters. The molecular weight excluding hydrogens is 208 g/mol. The lowest BCUT2D eigenvalue weighted by atomic mass is 10.2. The maximum Gasteiger partial charge on any atom is 0.237 e. The van der Waals surface area contributed by atoms with Crippen LogP contribution in [0.1, 0.15) is 13.3 Å². The number of pyridine rings is 1. The highest BCUT2D eigenvalue weighted by Crippen LogP contribution is 2.26. The number of hydrogen-bond donors (Lipinski definition) is 1. The van der Waals surface area contributed by atoms with Gasteiger partial charge in [-0.25, -0.2) is 4.98 Å². The van der Waals surface area contributed by atoms with Crippen LogP contribution in [0.4, 0.5) is 5.69 Å². The number of thioether (sulfide) groups is 1. The van der Waals surface area contributed by atoms with Crippen molar-refractivity contribution < 1.29 is 4.74 Å².